The topological polar surface area (TPSA) is 82.2 Å². The third kappa shape index (κ3) is 4.15. The number of rotatable bonds is 3. The SMILES string of the molecule is Cc1nc(C(C)(C)C)[nH]c(=O)c1C(=O)N1CCN(Cc2nc3ccccc3s2)CC1. The molecule has 30 heavy (non-hydrogen) atoms. The number of aryl methyl sites for hydroxylation is 1. The van der Waals surface area contributed by atoms with Crippen LogP contribution in [-0.4, -0.2) is 56.8 Å². The lowest BCUT2D eigenvalue weighted by molar-refractivity contribution is 0.0625. The first-order valence-corrected chi connectivity index (χ1v) is 11.0. The van der Waals surface area contributed by atoms with Crippen molar-refractivity contribution in [2.45, 2.75) is 39.7 Å². The fourth-order valence-corrected chi connectivity index (χ4v) is 4.65. The lowest BCUT2D eigenvalue weighted by Gasteiger charge is -2.34. The molecule has 2 aromatic heterocycles. The van der Waals surface area contributed by atoms with E-state index in [4.69, 9.17) is 4.98 Å². The summed E-state index contributed by atoms with van der Waals surface area (Å²) in [6.07, 6.45) is 0. The van der Waals surface area contributed by atoms with Gasteiger partial charge in [-0.25, -0.2) is 9.97 Å². The van der Waals surface area contributed by atoms with Crippen LogP contribution in [0.4, 0.5) is 0 Å². The Morgan fingerprint density at radius 3 is 2.47 bits per heavy atom. The molecule has 158 valence electrons. The number of para-hydroxylation sites is 1. The van der Waals surface area contributed by atoms with Crippen LogP contribution in [0.3, 0.4) is 0 Å². The van der Waals surface area contributed by atoms with E-state index < -0.39 is 0 Å². The van der Waals surface area contributed by atoms with Crippen LogP contribution >= 0.6 is 11.3 Å². The zero-order chi connectivity index (χ0) is 21.5. The van der Waals surface area contributed by atoms with Gasteiger partial charge in [-0.05, 0) is 19.1 Å². The summed E-state index contributed by atoms with van der Waals surface area (Å²) in [6.45, 7) is 11.2. The molecule has 0 bridgehead atoms. The fourth-order valence-electron chi connectivity index (χ4n) is 3.64. The van der Waals surface area contributed by atoms with Crippen molar-refractivity contribution in [3.05, 3.63) is 56.7 Å². The lowest BCUT2D eigenvalue weighted by atomic mass is 9.95. The van der Waals surface area contributed by atoms with E-state index in [2.05, 4.69) is 20.9 Å². The predicted molar refractivity (Wildman–Crippen MR) is 119 cm³/mol. The summed E-state index contributed by atoms with van der Waals surface area (Å²) < 4.78 is 1.20. The Morgan fingerprint density at radius 2 is 1.83 bits per heavy atom. The van der Waals surface area contributed by atoms with Gasteiger partial charge in [0.2, 0.25) is 0 Å². The van der Waals surface area contributed by atoms with Crippen molar-refractivity contribution >= 4 is 27.5 Å². The van der Waals surface area contributed by atoms with E-state index >= 15 is 0 Å². The molecule has 1 aliphatic heterocycles. The zero-order valence-corrected chi connectivity index (χ0v) is 18.7. The van der Waals surface area contributed by atoms with Crippen LogP contribution in [-0.2, 0) is 12.0 Å². The minimum absolute atomic E-state index is 0.155. The average Bonchev–Trinajstić information content (AvgIpc) is 3.09. The van der Waals surface area contributed by atoms with Crippen molar-refractivity contribution in [3.8, 4) is 0 Å². The monoisotopic (exact) mass is 425 g/mol. The van der Waals surface area contributed by atoms with Crippen LogP contribution < -0.4 is 5.56 Å². The summed E-state index contributed by atoms with van der Waals surface area (Å²) in [5, 5.41) is 1.09. The van der Waals surface area contributed by atoms with Crippen LogP contribution in [0.2, 0.25) is 0 Å². The van der Waals surface area contributed by atoms with E-state index in [0.29, 0.717) is 24.6 Å². The molecular weight excluding hydrogens is 398 g/mol. The fraction of sp³-hybridized carbons (Fsp3) is 0.455. The van der Waals surface area contributed by atoms with Crippen LogP contribution in [0.15, 0.2) is 29.1 Å². The van der Waals surface area contributed by atoms with Crippen molar-refractivity contribution in [2.75, 3.05) is 26.2 Å². The first kappa shape index (κ1) is 20.7. The van der Waals surface area contributed by atoms with Gasteiger partial charge in [0.25, 0.3) is 11.5 Å². The van der Waals surface area contributed by atoms with Gasteiger partial charge in [0.15, 0.2) is 0 Å². The number of thiazole rings is 1. The van der Waals surface area contributed by atoms with Crippen molar-refractivity contribution in [1.82, 2.24) is 24.8 Å². The molecule has 1 aromatic carbocycles. The van der Waals surface area contributed by atoms with Gasteiger partial charge >= 0.3 is 0 Å². The van der Waals surface area contributed by atoms with Crippen LogP contribution in [0.5, 0.6) is 0 Å². The number of piperazine rings is 1. The zero-order valence-electron chi connectivity index (χ0n) is 17.9. The van der Waals surface area contributed by atoms with E-state index in [0.717, 1.165) is 30.2 Å². The molecule has 3 heterocycles. The number of nitrogens with zero attached hydrogens (tertiary/aromatic N) is 4. The average molecular weight is 426 g/mol. The van der Waals surface area contributed by atoms with Gasteiger partial charge < -0.3 is 9.88 Å². The quantitative estimate of drug-likeness (QED) is 0.698. The van der Waals surface area contributed by atoms with Crippen molar-refractivity contribution in [1.29, 1.82) is 0 Å². The number of amides is 1. The van der Waals surface area contributed by atoms with Gasteiger partial charge in [-0.3, -0.25) is 14.5 Å². The molecule has 1 aliphatic rings. The Balaban J connectivity index is 1.42. The Morgan fingerprint density at radius 1 is 1.13 bits per heavy atom. The van der Waals surface area contributed by atoms with Crippen molar-refractivity contribution < 1.29 is 4.79 Å². The molecule has 0 aliphatic carbocycles. The molecule has 3 aromatic rings. The number of hydrogen-bond acceptors (Lipinski definition) is 6. The Labute approximate surface area is 179 Å². The van der Waals surface area contributed by atoms with Gasteiger partial charge in [0.1, 0.15) is 16.4 Å². The molecular formula is C22H27N5O2S. The molecule has 1 fully saturated rings. The lowest BCUT2D eigenvalue weighted by Crippen LogP contribution is -2.49. The Kier molecular flexibility index (Phi) is 5.46. The molecule has 0 saturated carbocycles. The van der Waals surface area contributed by atoms with Gasteiger partial charge in [-0.1, -0.05) is 32.9 Å². The van der Waals surface area contributed by atoms with Gasteiger partial charge in [-0.2, -0.15) is 0 Å². The second-order valence-corrected chi connectivity index (χ2v) is 9.88. The van der Waals surface area contributed by atoms with E-state index in [-0.39, 0.29) is 22.4 Å². The van der Waals surface area contributed by atoms with Crippen molar-refractivity contribution in [3.63, 3.8) is 0 Å². The highest BCUT2D eigenvalue weighted by atomic mass is 32.1. The summed E-state index contributed by atoms with van der Waals surface area (Å²) >= 11 is 1.71. The molecule has 0 spiro atoms. The first-order valence-electron chi connectivity index (χ1n) is 10.2. The van der Waals surface area contributed by atoms with E-state index in [9.17, 15) is 9.59 Å². The third-order valence-corrected chi connectivity index (χ3v) is 6.40. The van der Waals surface area contributed by atoms with Crippen molar-refractivity contribution in [2.24, 2.45) is 0 Å². The highest BCUT2D eigenvalue weighted by Gasteiger charge is 2.28. The standard InChI is InChI=1S/C22H27N5O2S/c1-14-18(19(28)25-21(23-14)22(2,3)4)20(29)27-11-9-26(10-12-27)13-17-24-15-7-5-6-8-16(15)30-17/h5-8H,9-13H2,1-4H3,(H,23,25,28). The number of aromatic nitrogens is 3. The normalized spacial score (nSPS) is 15.7. The molecule has 0 radical (unpaired) electrons. The van der Waals surface area contributed by atoms with Gasteiger partial charge in [0, 0.05) is 31.6 Å². The maximum absolute atomic E-state index is 13.0. The number of fused-ring (bicyclic) bond motifs is 1. The molecule has 1 saturated heterocycles. The minimum atomic E-state index is -0.352. The first-order chi connectivity index (χ1) is 14.2. The van der Waals surface area contributed by atoms with E-state index in [1.807, 2.05) is 39.0 Å². The Hall–Kier alpha value is -2.58. The van der Waals surface area contributed by atoms with E-state index in [1.54, 1.807) is 23.2 Å². The smallest absolute Gasteiger partial charge is 0.264 e. The van der Waals surface area contributed by atoms with Crippen LogP contribution in [0, 0.1) is 6.92 Å². The summed E-state index contributed by atoms with van der Waals surface area (Å²) in [6, 6.07) is 8.15. The second kappa shape index (κ2) is 7.92. The second-order valence-electron chi connectivity index (χ2n) is 8.77. The highest BCUT2D eigenvalue weighted by Crippen LogP contribution is 2.23. The molecule has 0 atom stereocenters. The number of carbonyl (C=O) groups excluding carboxylic acids is 1. The molecule has 1 N–H and O–H groups in total. The maximum atomic E-state index is 13.0. The van der Waals surface area contributed by atoms with Gasteiger partial charge in [0.05, 0.1) is 22.5 Å². The number of aromatic amines is 1. The summed E-state index contributed by atoms with van der Waals surface area (Å²) in [7, 11) is 0. The molecule has 4 rings (SSSR count). The van der Waals surface area contributed by atoms with Crippen LogP contribution in [0.25, 0.3) is 10.2 Å². The number of hydrogen-bond donors (Lipinski definition) is 1. The van der Waals surface area contributed by atoms with E-state index in [1.165, 1.54) is 4.70 Å². The van der Waals surface area contributed by atoms with Gasteiger partial charge in [-0.15, -0.1) is 11.3 Å². The maximum Gasteiger partial charge on any atom is 0.264 e. The number of benzene rings is 1. The van der Waals surface area contributed by atoms with Crippen LogP contribution in [0.1, 0.15) is 47.7 Å². The molecule has 7 nitrogen and oxygen atoms in total. The summed E-state index contributed by atoms with van der Waals surface area (Å²) in [5.74, 6) is 0.364. The highest BCUT2D eigenvalue weighted by molar-refractivity contribution is 7.18. The molecule has 0 unspecified atom stereocenters. The number of H-pyrrole nitrogens is 1. The summed E-state index contributed by atoms with van der Waals surface area (Å²) in [5.41, 5.74) is 1.05. The number of nitrogens with one attached hydrogen (secondary N) is 1. The Bertz CT molecular complexity index is 1100. The predicted octanol–water partition coefficient (Wildman–Crippen LogP) is 2.94. The largest absolute Gasteiger partial charge is 0.336 e. The number of carbonyl (C=O) groups is 1. The molecule has 1 amide bonds. The minimum Gasteiger partial charge on any atom is -0.336 e. The molecule has 8 heteroatoms. The third-order valence-electron chi connectivity index (χ3n) is 5.38. The summed E-state index contributed by atoms with van der Waals surface area (Å²) in [4.78, 5) is 41.7.